The van der Waals surface area contributed by atoms with Gasteiger partial charge in [0.25, 0.3) is 0 Å². The number of carbonyl (C=O) groups is 2. The van der Waals surface area contributed by atoms with Crippen LogP contribution in [-0.2, 0) is 11.3 Å². The number of hydrogen-bond donors (Lipinski definition) is 1. The summed E-state index contributed by atoms with van der Waals surface area (Å²) in [7, 11) is 0. The maximum atomic E-state index is 13.8. The quantitative estimate of drug-likeness (QED) is 0.319. The van der Waals surface area contributed by atoms with Crippen molar-refractivity contribution in [3.8, 4) is 16.9 Å². The molecule has 4 heterocycles. The molecule has 1 amide bonds. The third-order valence-electron chi connectivity index (χ3n) is 7.53. The maximum absolute atomic E-state index is 13.8. The van der Waals surface area contributed by atoms with Crippen LogP contribution in [0, 0.1) is 18.8 Å². The molecule has 12 heteroatoms. The van der Waals surface area contributed by atoms with Gasteiger partial charge in [-0.05, 0) is 56.7 Å². The average molecular weight is 541 g/mol. The number of rotatable bonds is 7. The fourth-order valence-corrected chi connectivity index (χ4v) is 5.13. The first-order valence-electron chi connectivity index (χ1n) is 13.2. The number of benzene rings is 1. The van der Waals surface area contributed by atoms with Gasteiger partial charge in [0.1, 0.15) is 17.0 Å². The lowest BCUT2D eigenvalue weighted by molar-refractivity contribution is -0.123. The number of nitrogens with zero attached hydrogens (tertiary/aromatic N) is 8. The van der Waals surface area contributed by atoms with Gasteiger partial charge in [0.05, 0.1) is 17.9 Å². The average Bonchev–Trinajstić information content (AvgIpc) is 3.70. The van der Waals surface area contributed by atoms with Crippen molar-refractivity contribution < 1.29 is 19.3 Å². The first kappa shape index (κ1) is 25.4. The van der Waals surface area contributed by atoms with Gasteiger partial charge in [-0.25, -0.2) is 23.6 Å². The van der Waals surface area contributed by atoms with Crippen molar-refractivity contribution in [2.24, 2.45) is 11.8 Å². The maximum Gasteiger partial charge on any atom is 0.341 e. The third kappa shape index (κ3) is 4.83. The van der Waals surface area contributed by atoms with Crippen LogP contribution in [0.25, 0.3) is 22.6 Å². The van der Waals surface area contributed by atoms with Crippen molar-refractivity contribution in [1.82, 2.24) is 34.7 Å². The Morgan fingerprint density at radius 1 is 1.10 bits per heavy atom. The number of aryl methyl sites for hydroxylation is 1. The van der Waals surface area contributed by atoms with Gasteiger partial charge < -0.3 is 5.11 Å². The normalized spacial score (nSPS) is 17.2. The largest absolute Gasteiger partial charge is 0.477 e. The van der Waals surface area contributed by atoms with Gasteiger partial charge in [0.15, 0.2) is 11.5 Å². The number of hydrogen-bond acceptors (Lipinski definition) is 8. The van der Waals surface area contributed by atoms with Crippen molar-refractivity contribution >= 4 is 23.3 Å². The molecule has 0 atom stereocenters. The van der Waals surface area contributed by atoms with E-state index >= 15 is 0 Å². The fourth-order valence-electron chi connectivity index (χ4n) is 5.13. The van der Waals surface area contributed by atoms with E-state index in [1.807, 2.05) is 42.6 Å². The molecule has 1 N–H and O–H groups in total. The van der Waals surface area contributed by atoms with Crippen LogP contribution in [0.1, 0.15) is 54.4 Å². The molecule has 1 saturated carbocycles. The van der Waals surface area contributed by atoms with Gasteiger partial charge in [-0.1, -0.05) is 29.4 Å². The molecule has 204 valence electrons. The lowest BCUT2D eigenvalue weighted by Gasteiger charge is -2.30. The monoisotopic (exact) mass is 540 g/mol. The van der Waals surface area contributed by atoms with E-state index in [1.165, 1.54) is 15.8 Å². The predicted octanol–water partition coefficient (Wildman–Crippen LogP) is 4.33. The number of carbonyl (C=O) groups excluding carboxylic acids is 1. The van der Waals surface area contributed by atoms with E-state index in [0.717, 1.165) is 42.6 Å². The van der Waals surface area contributed by atoms with Gasteiger partial charge in [-0.2, -0.15) is 5.10 Å². The van der Waals surface area contributed by atoms with Crippen LogP contribution in [0.3, 0.4) is 0 Å². The van der Waals surface area contributed by atoms with Gasteiger partial charge in [0.2, 0.25) is 5.91 Å². The standard InChI is InChI=1S/C28H28N8O4/c1-17-4-6-20(7-5-17)27(37)34(16-24-18(2)32-40-33-24)26-22(28(38)39)15-36(31-26)21-10-8-19(9-11-21)23-14-25-29-12-3-13-35(25)30-23/h3,8-15,17,20H,4-7,16H2,1-2H3,(H,38,39)/t17-,20-. The van der Waals surface area contributed by atoms with E-state index in [9.17, 15) is 14.7 Å². The molecule has 0 saturated heterocycles. The summed E-state index contributed by atoms with van der Waals surface area (Å²) in [5.74, 6) is -0.942. The van der Waals surface area contributed by atoms with Crippen molar-refractivity contribution in [1.29, 1.82) is 0 Å². The highest BCUT2D eigenvalue weighted by molar-refractivity contribution is 6.01. The van der Waals surface area contributed by atoms with Gasteiger partial charge >= 0.3 is 5.97 Å². The third-order valence-corrected chi connectivity index (χ3v) is 7.53. The second kappa shape index (κ2) is 10.4. The molecule has 0 spiro atoms. The minimum absolute atomic E-state index is 0.0123. The first-order chi connectivity index (χ1) is 19.4. The number of fused-ring (bicyclic) bond motifs is 1. The number of aromatic carboxylic acids is 1. The number of carboxylic acid groups (broad SMARTS) is 1. The van der Waals surface area contributed by atoms with Crippen LogP contribution in [0.5, 0.6) is 0 Å². The molecule has 1 aromatic carbocycles. The molecular formula is C28H28N8O4. The Balaban J connectivity index is 1.35. The smallest absolute Gasteiger partial charge is 0.341 e. The summed E-state index contributed by atoms with van der Waals surface area (Å²) in [5.41, 5.74) is 3.91. The molecule has 5 aromatic rings. The van der Waals surface area contributed by atoms with Gasteiger partial charge in [-0.15, -0.1) is 5.10 Å². The zero-order chi connectivity index (χ0) is 27.8. The lowest BCUT2D eigenvalue weighted by atomic mass is 9.82. The summed E-state index contributed by atoms with van der Waals surface area (Å²) in [6.45, 7) is 3.93. The van der Waals surface area contributed by atoms with Crippen molar-refractivity contribution in [2.75, 3.05) is 4.90 Å². The Kier molecular flexibility index (Phi) is 6.58. The van der Waals surface area contributed by atoms with Crippen molar-refractivity contribution in [3.63, 3.8) is 0 Å². The molecule has 0 unspecified atom stereocenters. The number of amides is 1. The summed E-state index contributed by atoms with van der Waals surface area (Å²) in [4.78, 5) is 31.9. The molecule has 1 fully saturated rings. The molecule has 1 aliphatic rings. The predicted molar refractivity (Wildman–Crippen MR) is 144 cm³/mol. The minimum Gasteiger partial charge on any atom is -0.477 e. The van der Waals surface area contributed by atoms with Crippen LogP contribution in [0.2, 0.25) is 0 Å². The summed E-state index contributed by atoms with van der Waals surface area (Å²) in [6.07, 6.45) is 8.36. The van der Waals surface area contributed by atoms with Crippen molar-refractivity contribution in [3.05, 3.63) is 71.9 Å². The SMILES string of the molecule is Cc1nonc1CN(c1nn(-c2ccc(-c3cc4ncccn4n3)cc2)cc1C(=O)O)C(=O)[C@H]1CC[C@H](C)CC1. The summed E-state index contributed by atoms with van der Waals surface area (Å²) >= 11 is 0. The molecule has 4 aromatic heterocycles. The lowest BCUT2D eigenvalue weighted by Crippen LogP contribution is -2.38. The molecule has 40 heavy (non-hydrogen) atoms. The minimum atomic E-state index is -1.18. The highest BCUT2D eigenvalue weighted by Gasteiger charge is 2.34. The zero-order valence-corrected chi connectivity index (χ0v) is 22.1. The Morgan fingerprint density at radius 2 is 1.88 bits per heavy atom. The number of anilines is 1. The van der Waals surface area contributed by atoms with E-state index in [4.69, 9.17) is 4.63 Å². The Labute approximate surface area is 229 Å². The van der Waals surface area contributed by atoms with E-state index in [0.29, 0.717) is 23.0 Å². The van der Waals surface area contributed by atoms with Crippen LogP contribution in [-0.4, -0.2) is 51.7 Å². The van der Waals surface area contributed by atoms with Crippen molar-refractivity contribution in [2.45, 2.75) is 46.1 Å². The summed E-state index contributed by atoms with van der Waals surface area (Å²) in [5, 5.41) is 27.0. The van der Waals surface area contributed by atoms with Crippen LogP contribution >= 0.6 is 0 Å². The zero-order valence-electron chi connectivity index (χ0n) is 22.1. The fraction of sp³-hybridized carbons (Fsp3) is 0.321. The first-order valence-corrected chi connectivity index (χ1v) is 13.2. The van der Waals surface area contributed by atoms with Crippen LogP contribution in [0.15, 0.2) is 59.6 Å². The van der Waals surface area contributed by atoms with Gasteiger partial charge in [-0.3, -0.25) is 9.69 Å². The molecular weight excluding hydrogens is 512 g/mol. The topological polar surface area (TPSA) is 145 Å². The Bertz CT molecular complexity index is 1640. The molecule has 0 bridgehead atoms. The second-order valence-electron chi connectivity index (χ2n) is 10.3. The highest BCUT2D eigenvalue weighted by Crippen LogP contribution is 2.33. The summed E-state index contributed by atoms with van der Waals surface area (Å²) < 4.78 is 8.03. The molecule has 1 aliphatic carbocycles. The molecule has 0 aliphatic heterocycles. The number of aromatic nitrogens is 7. The molecule has 12 nitrogen and oxygen atoms in total. The van der Waals surface area contributed by atoms with Gasteiger partial charge in [0, 0.05) is 36.1 Å². The second-order valence-corrected chi connectivity index (χ2v) is 10.3. The van der Waals surface area contributed by atoms with Crippen LogP contribution in [0.4, 0.5) is 5.82 Å². The van der Waals surface area contributed by atoms with E-state index < -0.39 is 5.97 Å². The molecule has 6 rings (SSSR count). The molecule has 0 radical (unpaired) electrons. The highest BCUT2D eigenvalue weighted by atomic mass is 16.6. The number of carboxylic acids is 1. The van der Waals surface area contributed by atoms with E-state index in [1.54, 1.807) is 17.6 Å². The van der Waals surface area contributed by atoms with E-state index in [2.05, 4.69) is 32.4 Å². The van der Waals surface area contributed by atoms with Crippen LogP contribution < -0.4 is 4.90 Å². The summed E-state index contributed by atoms with van der Waals surface area (Å²) in [6, 6.07) is 11.1. The van der Waals surface area contributed by atoms with E-state index in [-0.39, 0.29) is 29.8 Å². The Morgan fingerprint density at radius 3 is 2.55 bits per heavy atom. The Hall–Kier alpha value is -4.87.